The van der Waals surface area contributed by atoms with Crippen molar-refractivity contribution in [3.05, 3.63) is 71.8 Å². The summed E-state index contributed by atoms with van der Waals surface area (Å²) < 4.78 is 16.3. The van der Waals surface area contributed by atoms with Gasteiger partial charge in [0.1, 0.15) is 17.7 Å². The molecule has 26 heavy (non-hydrogen) atoms. The Kier molecular flexibility index (Phi) is 4.01. The molecule has 1 N–H and O–H groups in total. The molecule has 2 heterocycles. The summed E-state index contributed by atoms with van der Waals surface area (Å²) in [5, 5.41) is 16.3. The minimum absolute atomic E-state index is 0.0865. The van der Waals surface area contributed by atoms with E-state index in [1.54, 1.807) is 36.6 Å². The molecule has 0 unspecified atom stereocenters. The number of aromatic hydroxyl groups is 1. The second kappa shape index (κ2) is 6.48. The normalized spacial score (nSPS) is 15.5. The lowest BCUT2D eigenvalue weighted by molar-refractivity contribution is 0.276. The zero-order valence-corrected chi connectivity index (χ0v) is 14.5. The highest BCUT2D eigenvalue weighted by molar-refractivity contribution is 6.04. The average Bonchev–Trinajstić information content (AvgIpc) is 3.11. The fourth-order valence-electron chi connectivity index (χ4n) is 2.99. The van der Waals surface area contributed by atoms with Gasteiger partial charge in [0.15, 0.2) is 11.5 Å². The minimum atomic E-state index is 0.0865. The van der Waals surface area contributed by atoms with Gasteiger partial charge in [0, 0.05) is 17.5 Å². The van der Waals surface area contributed by atoms with Gasteiger partial charge in [0.05, 0.1) is 19.9 Å². The molecular formula is C20H18N2O4. The van der Waals surface area contributed by atoms with Crippen molar-refractivity contribution in [2.45, 2.75) is 6.42 Å². The Morgan fingerprint density at radius 2 is 1.88 bits per heavy atom. The number of hydrogen-bond acceptors (Lipinski definition) is 6. The first-order valence-electron chi connectivity index (χ1n) is 8.16. The summed E-state index contributed by atoms with van der Waals surface area (Å²) >= 11 is 0. The van der Waals surface area contributed by atoms with Gasteiger partial charge in [-0.3, -0.25) is 0 Å². The van der Waals surface area contributed by atoms with Crippen LogP contribution in [0.25, 0.3) is 5.70 Å². The van der Waals surface area contributed by atoms with E-state index in [4.69, 9.17) is 19.3 Å². The van der Waals surface area contributed by atoms with Gasteiger partial charge < -0.3 is 19.3 Å². The number of hydrazone groups is 1. The number of allylic oxidation sites excluding steroid dienone is 1. The van der Waals surface area contributed by atoms with Crippen LogP contribution in [0.15, 0.2) is 65.8 Å². The monoisotopic (exact) mass is 350 g/mol. The molecule has 0 amide bonds. The molecule has 2 aromatic rings. The molecule has 2 aliphatic rings. The lowest BCUT2D eigenvalue weighted by Crippen LogP contribution is -2.19. The third-order valence-electron chi connectivity index (χ3n) is 4.31. The number of para-hydroxylation sites is 1. The number of phenols is 1. The Labute approximate surface area is 151 Å². The van der Waals surface area contributed by atoms with Crippen molar-refractivity contribution < 1.29 is 19.3 Å². The molecule has 0 aliphatic carbocycles. The van der Waals surface area contributed by atoms with Crippen LogP contribution in [-0.4, -0.2) is 30.0 Å². The van der Waals surface area contributed by atoms with Crippen molar-refractivity contribution in [2.75, 3.05) is 14.2 Å². The molecule has 6 nitrogen and oxygen atoms in total. The molecule has 0 bridgehead atoms. The van der Waals surface area contributed by atoms with Crippen LogP contribution >= 0.6 is 0 Å². The molecule has 2 aliphatic heterocycles. The van der Waals surface area contributed by atoms with Crippen LogP contribution in [-0.2, 0) is 4.74 Å². The first kappa shape index (κ1) is 16.1. The molecule has 0 radical (unpaired) electrons. The van der Waals surface area contributed by atoms with Gasteiger partial charge in [-0.25, -0.2) is 0 Å². The number of rotatable bonds is 4. The second-order valence-electron chi connectivity index (χ2n) is 5.81. The first-order chi connectivity index (χ1) is 12.7. The standard InChI is InChI=1S/C20H18N2O4/c1-24-18-6-4-3-5-14(18)15-8-10-20-22(21-15)16(12-26-20)13-7-9-17(23)19(11-13)25-2/h3-7,9-12,23H,8H2,1-2H3. The molecule has 0 fully saturated rings. The Hall–Kier alpha value is -3.41. The van der Waals surface area contributed by atoms with Crippen LogP contribution in [0.2, 0.25) is 0 Å². The van der Waals surface area contributed by atoms with Gasteiger partial charge >= 0.3 is 0 Å². The Bertz CT molecular complexity index is 947. The van der Waals surface area contributed by atoms with Gasteiger partial charge in [-0.1, -0.05) is 12.1 Å². The van der Waals surface area contributed by atoms with Crippen molar-refractivity contribution in [3.8, 4) is 17.2 Å². The number of fused-ring (bicyclic) bond motifs is 1. The van der Waals surface area contributed by atoms with Crippen LogP contribution in [0.1, 0.15) is 17.5 Å². The molecule has 6 heteroatoms. The molecule has 2 aromatic carbocycles. The van der Waals surface area contributed by atoms with Crippen LogP contribution < -0.4 is 9.47 Å². The summed E-state index contributed by atoms with van der Waals surface area (Å²) in [4.78, 5) is 0. The van der Waals surface area contributed by atoms with Gasteiger partial charge in [-0.2, -0.15) is 10.1 Å². The minimum Gasteiger partial charge on any atom is -0.504 e. The molecule has 0 saturated heterocycles. The highest BCUT2D eigenvalue weighted by Crippen LogP contribution is 2.37. The predicted molar refractivity (Wildman–Crippen MR) is 97.8 cm³/mol. The average molecular weight is 350 g/mol. The van der Waals surface area contributed by atoms with E-state index in [1.165, 1.54) is 7.11 Å². The summed E-state index contributed by atoms with van der Waals surface area (Å²) in [6, 6.07) is 12.9. The van der Waals surface area contributed by atoms with Crippen LogP contribution in [0.3, 0.4) is 0 Å². The van der Waals surface area contributed by atoms with Crippen molar-refractivity contribution in [1.29, 1.82) is 0 Å². The zero-order valence-electron chi connectivity index (χ0n) is 14.5. The summed E-state index contributed by atoms with van der Waals surface area (Å²) in [6.07, 6.45) is 4.27. The van der Waals surface area contributed by atoms with E-state index in [0.717, 1.165) is 28.3 Å². The lowest BCUT2D eigenvalue weighted by atomic mass is 10.1. The van der Waals surface area contributed by atoms with E-state index < -0.39 is 0 Å². The fraction of sp³-hybridized carbons (Fsp3) is 0.150. The van der Waals surface area contributed by atoms with Gasteiger partial charge in [-0.15, -0.1) is 0 Å². The number of benzene rings is 2. The fourth-order valence-corrected chi connectivity index (χ4v) is 2.99. The summed E-state index contributed by atoms with van der Waals surface area (Å²) in [7, 11) is 3.17. The highest BCUT2D eigenvalue weighted by Gasteiger charge is 2.28. The van der Waals surface area contributed by atoms with Crippen molar-refractivity contribution in [3.63, 3.8) is 0 Å². The maximum atomic E-state index is 9.82. The van der Waals surface area contributed by atoms with Crippen LogP contribution in [0.5, 0.6) is 17.2 Å². The van der Waals surface area contributed by atoms with Crippen molar-refractivity contribution in [1.82, 2.24) is 5.01 Å². The smallest absolute Gasteiger partial charge is 0.216 e. The second-order valence-corrected chi connectivity index (χ2v) is 5.81. The topological polar surface area (TPSA) is 63.5 Å². The SMILES string of the molecule is COc1cc(C2=COC3=CCC(c4ccccc4OC)=NN32)ccc1O. The van der Waals surface area contributed by atoms with Crippen LogP contribution in [0, 0.1) is 0 Å². The molecule has 4 rings (SSSR count). The number of ether oxygens (including phenoxy) is 3. The van der Waals surface area contributed by atoms with E-state index in [2.05, 4.69) is 0 Å². The quantitative estimate of drug-likeness (QED) is 0.911. The van der Waals surface area contributed by atoms with Gasteiger partial charge in [0.25, 0.3) is 0 Å². The third kappa shape index (κ3) is 2.65. The molecule has 0 atom stereocenters. The van der Waals surface area contributed by atoms with E-state index >= 15 is 0 Å². The summed E-state index contributed by atoms with van der Waals surface area (Å²) in [6.45, 7) is 0. The predicted octanol–water partition coefficient (Wildman–Crippen LogP) is 3.69. The molecular weight excluding hydrogens is 332 g/mol. The van der Waals surface area contributed by atoms with E-state index in [-0.39, 0.29) is 5.75 Å². The number of phenolic OH excluding ortho intramolecular Hbond substituents is 1. The zero-order chi connectivity index (χ0) is 18.1. The summed E-state index contributed by atoms with van der Waals surface area (Å²) in [5.41, 5.74) is 3.42. The van der Waals surface area contributed by atoms with Crippen molar-refractivity contribution in [2.24, 2.45) is 5.10 Å². The Balaban J connectivity index is 1.71. The molecule has 0 aromatic heterocycles. The molecule has 0 saturated carbocycles. The third-order valence-corrected chi connectivity index (χ3v) is 4.31. The van der Waals surface area contributed by atoms with E-state index in [1.807, 2.05) is 30.3 Å². The highest BCUT2D eigenvalue weighted by atomic mass is 16.5. The number of methoxy groups -OCH3 is 2. The molecule has 0 spiro atoms. The van der Waals surface area contributed by atoms with E-state index in [0.29, 0.717) is 18.1 Å². The van der Waals surface area contributed by atoms with Gasteiger partial charge in [0.2, 0.25) is 5.88 Å². The maximum absolute atomic E-state index is 9.82. The van der Waals surface area contributed by atoms with Crippen LogP contribution in [0.4, 0.5) is 0 Å². The Morgan fingerprint density at radius 3 is 2.69 bits per heavy atom. The van der Waals surface area contributed by atoms with Gasteiger partial charge in [-0.05, 0) is 36.4 Å². The number of nitrogens with zero attached hydrogens (tertiary/aromatic N) is 2. The van der Waals surface area contributed by atoms with Crippen molar-refractivity contribution >= 4 is 11.4 Å². The molecule has 132 valence electrons. The summed E-state index contributed by atoms with van der Waals surface area (Å²) in [5.74, 6) is 1.92. The number of hydrogen-bond donors (Lipinski definition) is 1. The first-order valence-corrected chi connectivity index (χ1v) is 8.16. The lowest BCUT2D eigenvalue weighted by Gasteiger charge is -2.22. The largest absolute Gasteiger partial charge is 0.504 e. The Morgan fingerprint density at radius 1 is 1.08 bits per heavy atom. The maximum Gasteiger partial charge on any atom is 0.216 e. The van der Waals surface area contributed by atoms with E-state index in [9.17, 15) is 5.11 Å².